The van der Waals surface area contributed by atoms with Gasteiger partial charge in [0.25, 0.3) is 0 Å². The van der Waals surface area contributed by atoms with E-state index in [4.69, 9.17) is 12.2 Å². The van der Waals surface area contributed by atoms with Crippen molar-refractivity contribution in [2.45, 2.75) is 33.5 Å². The van der Waals surface area contributed by atoms with Crippen molar-refractivity contribution in [3.63, 3.8) is 0 Å². The highest BCUT2D eigenvalue weighted by Gasteiger charge is 2.13. The van der Waals surface area contributed by atoms with Crippen LogP contribution in [0.5, 0.6) is 5.75 Å². The summed E-state index contributed by atoms with van der Waals surface area (Å²) >= 11 is 5.35. The summed E-state index contributed by atoms with van der Waals surface area (Å²) in [5.41, 5.74) is 2.19. The van der Waals surface area contributed by atoms with Crippen molar-refractivity contribution in [2.24, 2.45) is 0 Å². The van der Waals surface area contributed by atoms with Crippen molar-refractivity contribution in [3.05, 3.63) is 41.7 Å². The molecule has 0 aliphatic heterocycles. The molecular formula is C16H20F2N4OS. The Morgan fingerprint density at radius 3 is 2.79 bits per heavy atom. The van der Waals surface area contributed by atoms with Gasteiger partial charge in [0, 0.05) is 19.8 Å². The molecule has 0 bridgehead atoms. The number of halogens is 2. The molecule has 0 radical (unpaired) electrons. The Bertz CT molecular complexity index is 705. The van der Waals surface area contributed by atoms with E-state index >= 15 is 0 Å². The predicted octanol–water partition coefficient (Wildman–Crippen LogP) is 3.64. The second-order valence-electron chi connectivity index (χ2n) is 5.33. The summed E-state index contributed by atoms with van der Waals surface area (Å²) in [6.45, 7) is 2.29. The average molecular weight is 354 g/mol. The van der Waals surface area contributed by atoms with Crippen molar-refractivity contribution in [1.29, 1.82) is 0 Å². The van der Waals surface area contributed by atoms with E-state index in [1.807, 2.05) is 37.8 Å². The molecule has 0 fully saturated rings. The third-order valence-corrected chi connectivity index (χ3v) is 3.77. The van der Waals surface area contributed by atoms with Crippen molar-refractivity contribution < 1.29 is 13.5 Å². The number of nitrogens with zero attached hydrogens (tertiary/aromatic N) is 3. The molecule has 1 aromatic carbocycles. The zero-order valence-corrected chi connectivity index (χ0v) is 14.6. The van der Waals surface area contributed by atoms with Crippen molar-refractivity contribution >= 4 is 23.0 Å². The van der Waals surface area contributed by atoms with Crippen LogP contribution in [-0.4, -0.2) is 33.5 Å². The number of alkyl halides is 2. The van der Waals surface area contributed by atoms with E-state index in [9.17, 15) is 8.78 Å². The van der Waals surface area contributed by atoms with E-state index in [0.29, 0.717) is 17.3 Å². The number of rotatable bonds is 6. The highest BCUT2D eigenvalue weighted by Crippen LogP contribution is 2.27. The van der Waals surface area contributed by atoms with Crippen LogP contribution in [0, 0.1) is 6.92 Å². The van der Waals surface area contributed by atoms with E-state index in [1.165, 1.54) is 6.07 Å². The van der Waals surface area contributed by atoms with Gasteiger partial charge in [0.2, 0.25) is 0 Å². The summed E-state index contributed by atoms with van der Waals surface area (Å²) < 4.78 is 31.4. The maximum atomic E-state index is 12.5. The first kappa shape index (κ1) is 18.1. The Labute approximate surface area is 145 Å². The summed E-state index contributed by atoms with van der Waals surface area (Å²) in [6, 6.07) is 6.83. The van der Waals surface area contributed by atoms with E-state index in [0.717, 1.165) is 17.8 Å². The minimum absolute atomic E-state index is 0.0570. The summed E-state index contributed by atoms with van der Waals surface area (Å²) in [5, 5.41) is 7.75. The molecule has 2 rings (SSSR count). The molecule has 8 heteroatoms. The van der Waals surface area contributed by atoms with Gasteiger partial charge in [-0.15, -0.1) is 0 Å². The van der Waals surface area contributed by atoms with Gasteiger partial charge in [-0.2, -0.15) is 13.9 Å². The lowest BCUT2D eigenvalue weighted by molar-refractivity contribution is -0.0493. The standard InChI is InChI=1S/C16H20F2N4OS/c1-4-22-8-7-12(20-22)10-21(3)16(24)19-13-9-11(2)5-6-14(13)23-15(17)18/h5-9,15H,4,10H2,1-3H3,(H,19,24). The average Bonchev–Trinajstić information content (AvgIpc) is 2.97. The molecule has 0 saturated carbocycles. The molecule has 1 N–H and O–H groups in total. The molecule has 0 atom stereocenters. The molecule has 2 aromatic rings. The SMILES string of the molecule is CCn1ccc(CN(C)C(=S)Nc2cc(C)ccc2OC(F)F)n1. The minimum atomic E-state index is -2.89. The summed E-state index contributed by atoms with van der Waals surface area (Å²) in [6.07, 6.45) is 1.90. The minimum Gasteiger partial charge on any atom is -0.433 e. The first-order chi connectivity index (χ1) is 11.4. The van der Waals surface area contributed by atoms with E-state index in [-0.39, 0.29) is 5.75 Å². The van der Waals surface area contributed by atoms with Crippen LogP contribution in [0.4, 0.5) is 14.5 Å². The van der Waals surface area contributed by atoms with Crippen LogP contribution in [-0.2, 0) is 13.1 Å². The predicted molar refractivity (Wildman–Crippen MR) is 93.4 cm³/mol. The molecule has 1 heterocycles. The summed E-state index contributed by atoms with van der Waals surface area (Å²) in [5.74, 6) is 0.0570. The van der Waals surface area contributed by atoms with Crippen molar-refractivity contribution in [2.75, 3.05) is 12.4 Å². The maximum absolute atomic E-state index is 12.5. The third-order valence-electron chi connectivity index (χ3n) is 3.36. The van der Waals surface area contributed by atoms with E-state index < -0.39 is 6.61 Å². The van der Waals surface area contributed by atoms with Gasteiger partial charge in [-0.05, 0) is 49.8 Å². The lowest BCUT2D eigenvalue weighted by Crippen LogP contribution is -2.31. The van der Waals surface area contributed by atoms with Crippen LogP contribution in [0.15, 0.2) is 30.5 Å². The van der Waals surface area contributed by atoms with Gasteiger partial charge in [-0.1, -0.05) is 6.07 Å². The Kier molecular flexibility index (Phi) is 6.08. The number of aryl methyl sites for hydroxylation is 2. The van der Waals surface area contributed by atoms with Gasteiger partial charge in [0.05, 0.1) is 17.9 Å². The molecule has 5 nitrogen and oxygen atoms in total. The van der Waals surface area contributed by atoms with Crippen molar-refractivity contribution in [3.8, 4) is 5.75 Å². The van der Waals surface area contributed by atoms with Gasteiger partial charge in [0.1, 0.15) is 5.75 Å². The van der Waals surface area contributed by atoms with Crippen LogP contribution in [0.25, 0.3) is 0 Å². The van der Waals surface area contributed by atoms with Crippen LogP contribution in [0.2, 0.25) is 0 Å². The topological polar surface area (TPSA) is 42.3 Å². The molecule has 0 aliphatic carbocycles. The zero-order chi connectivity index (χ0) is 17.7. The Hall–Kier alpha value is -2.22. The lowest BCUT2D eigenvalue weighted by Gasteiger charge is -2.21. The van der Waals surface area contributed by atoms with Gasteiger partial charge >= 0.3 is 6.61 Å². The fraction of sp³-hybridized carbons (Fsp3) is 0.375. The van der Waals surface area contributed by atoms with Gasteiger partial charge < -0.3 is 15.0 Å². The summed E-state index contributed by atoms with van der Waals surface area (Å²) in [7, 11) is 1.81. The highest BCUT2D eigenvalue weighted by atomic mass is 32.1. The second kappa shape index (κ2) is 8.05. The number of thiocarbonyl (C=S) groups is 1. The first-order valence-corrected chi connectivity index (χ1v) is 7.89. The number of hydrogen-bond donors (Lipinski definition) is 1. The number of hydrogen-bond acceptors (Lipinski definition) is 3. The molecule has 0 aliphatic rings. The lowest BCUT2D eigenvalue weighted by atomic mass is 10.2. The molecule has 130 valence electrons. The number of nitrogens with one attached hydrogen (secondary N) is 1. The van der Waals surface area contributed by atoms with Gasteiger partial charge in [-0.3, -0.25) is 4.68 Å². The Morgan fingerprint density at radius 2 is 2.17 bits per heavy atom. The Morgan fingerprint density at radius 1 is 1.42 bits per heavy atom. The highest BCUT2D eigenvalue weighted by molar-refractivity contribution is 7.80. The quantitative estimate of drug-likeness (QED) is 0.802. The number of benzene rings is 1. The molecule has 0 amide bonds. The number of aromatic nitrogens is 2. The number of ether oxygens (including phenoxy) is 1. The molecule has 24 heavy (non-hydrogen) atoms. The fourth-order valence-electron chi connectivity index (χ4n) is 2.13. The van der Waals surface area contributed by atoms with Gasteiger partial charge in [0.15, 0.2) is 5.11 Å². The normalized spacial score (nSPS) is 10.8. The molecule has 0 saturated heterocycles. The van der Waals surface area contributed by atoms with Gasteiger partial charge in [-0.25, -0.2) is 0 Å². The largest absolute Gasteiger partial charge is 0.433 e. The molecule has 0 spiro atoms. The van der Waals surface area contributed by atoms with Crippen LogP contribution < -0.4 is 10.1 Å². The fourth-order valence-corrected chi connectivity index (χ4v) is 2.30. The van der Waals surface area contributed by atoms with E-state index in [2.05, 4.69) is 15.2 Å². The maximum Gasteiger partial charge on any atom is 0.387 e. The van der Waals surface area contributed by atoms with Crippen LogP contribution >= 0.6 is 12.2 Å². The smallest absolute Gasteiger partial charge is 0.387 e. The monoisotopic (exact) mass is 354 g/mol. The zero-order valence-electron chi connectivity index (χ0n) is 13.8. The number of anilines is 1. The molecular weight excluding hydrogens is 334 g/mol. The van der Waals surface area contributed by atoms with Crippen LogP contribution in [0.3, 0.4) is 0 Å². The van der Waals surface area contributed by atoms with Crippen LogP contribution in [0.1, 0.15) is 18.2 Å². The van der Waals surface area contributed by atoms with E-state index in [1.54, 1.807) is 17.0 Å². The van der Waals surface area contributed by atoms with Crippen molar-refractivity contribution in [1.82, 2.24) is 14.7 Å². The third kappa shape index (κ3) is 4.89. The Balaban J connectivity index is 2.06. The molecule has 0 unspecified atom stereocenters. The first-order valence-electron chi connectivity index (χ1n) is 7.49. The summed E-state index contributed by atoms with van der Waals surface area (Å²) in [4.78, 5) is 1.78. The molecule has 1 aromatic heterocycles. The second-order valence-corrected chi connectivity index (χ2v) is 5.71.